The molecule has 1 aromatic heterocycles. The Kier molecular flexibility index (Phi) is 8.32. The average molecular weight is 589 g/mol. The fourth-order valence-electron chi connectivity index (χ4n) is 5.18. The summed E-state index contributed by atoms with van der Waals surface area (Å²) < 4.78 is 22.6. The molecule has 6 rings (SSSR count). The average Bonchev–Trinajstić information content (AvgIpc) is 3.57. The van der Waals surface area contributed by atoms with Crippen molar-refractivity contribution in [3.63, 3.8) is 0 Å². The first-order valence-electron chi connectivity index (χ1n) is 14.3. The molecular formula is C36H32N2O6. The maximum atomic E-state index is 13.3. The van der Waals surface area contributed by atoms with Gasteiger partial charge in [-0.25, -0.2) is 0 Å². The van der Waals surface area contributed by atoms with Crippen molar-refractivity contribution >= 4 is 17.5 Å². The number of methoxy groups -OCH3 is 2. The molecule has 1 N–H and O–H groups in total. The van der Waals surface area contributed by atoms with Crippen LogP contribution >= 0.6 is 0 Å². The molecule has 0 bridgehead atoms. The van der Waals surface area contributed by atoms with E-state index in [1.165, 1.54) is 0 Å². The molecule has 0 saturated heterocycles. The summed E-state index contributed by atoms with van der Waals surface area (Å²) in [6.07, 6.45) is 0.717. The van der Waals surface area contributed by atoms with Crippen LogP contribution in [0.4, 0.5) is 5.69 Å². The standard InChI is InChI=1S/C36H32N2O6/c1-41-33-20-27-18-19-38(22-28(27)21-34(33)42-2)36(40)32-17-16-31(44-32)25-8-12-29(13-9-25)37-35(39)26-10-14-30(15-11-26)43-23-24-6-4-3-5-7-24/h3-17,20-21H,18-19,22-23H2,1-2H3,(H,37,39). The molecule has 0 atom stereocenters. The zero-order valence-electron chi connectivity index (χ0n) is 24.5. The van der Waals surface area contributed by atoms with Gasteiger partial charge in [-0.1, -0.05) is 30.3 Å². The summed E-state index contributed by atoms with van der Waals surface area (Å²) in [7, 11) is 3.22. The minimum Gasteiger partial charge on any atom is -0.493 e. The first kappa shape index (κ1) is 28.6. The van der Waals surface area contributed by atoms with E-state index in [9.17, 15) is 9.59 Å². The molecule has 0 aliphatic carbocycles. The van der Waals surface area contributed by atoms with Gasteiger partial charge in [0.15, 0.2) is 17.3 Å². The Morgan fingerprint density at radius 1 is 0.818 bits per heavy atom. The third-order valence-corrected chi connectivity index (χ3v) is 7.61. The number of furan rings is 1. The number of carbonyl (C=O) groups is 2. The third kappa shape index (κ3) is 6.29. The second-order valence-electron chi connectivity index (χ2n) is 10.4. The van der Waals surface area contributed by atoms with E-state index in [0.717, 1.165) is 22.3 Å². The molecular weight excluding hydrogens is 556 g/mol. The van der Waals surface area contributed by atoms with Gasteiger partial charge in [-0.05, 0) is 95.9 Å². The zero-order valence-corrected chi connectivity index (χ0v) is 24.5. The van der Waals surface area contributed by atoms with Crippen LogP contribution in [-0.4, -0.2) is 37.5 Å². The highest BCUT2D eigenvalue weighted by atomic mass is 16.5. The lowest BCUT2D eigenvalue weighted by Gasteiger charge is -2.29. The number of nitrogens with zero attached hydrogens (tertiary/aromatic N) is 1. The normalized spacial score (nSPS) is 12.3. The molecule has 2 amide bonds. The summed E-state index contributed by atoms with van der Waals surface area (Å²) >= 11 is 0. The molecule has 8 nitrogen and oxygen atoms in total. The van der Waals surface area contributed by atoms with Crippen molar-refractivity contribution in [3.05, 3.63) is 131 Å². The van der Waals surface area contributed by atoms with E-state index in [0.29, 0.717) is 60.4 Å². The van der Waals surface area contributed by atoms with Crippen LogP contribution in [0.25, 0.3) is 11.3 Å². The van der Waals surface area contributed by atoms with E-state index in [4.69, 9.17) is 18.6 Å². The molecule has 5 aromatic rings. The highest BCUT2D eigenvalue weighted by Crippen LogP contribution is 2.34. The molecule has 4 aromatic carbocycles. The lowest BCUT2D eigenvalue weighted by Crippen LogP contribution is -2.35. The number of nitrogens with one attached hydrogen (secondary N) is 1. The van der Waals surface area contributed by atoms with E-state index in [1.54, 1.807) is 67.7 Å². The summed E-state index contributed by atoms with van der Waals surface area (Å²) in [6, 6.07) is 31.6. The molecule has 1 aliphatic heterocycles. The number of benzene rings is 4. The van der Waals surface area contributed by atoms with Crippen molar-refractivity contribution in [1.29, 1.82) is 0 Å². The van der Waals surface area contributed by atoms with Crippen molar-refractivity contribution in [1.82, 2.24) is 4.90 Å². The predicted molar refractivity (Wildman–Crippen MR) is 167 cm³/mol. The van der Waals surface area contributed by atoms with Crippen molar-refractivity contribution in [2.45, 2.75) is 19.6 Å². The lowest BCUT2D eigenvalue weighted by atomic mass is 9.98. The van der Waals surface area contributed by atoms with Crippen LogP contribution in [0.5, 0.6) is 17.2 Å². The van der Waals surface area contributed by atoms with E-state index in [2.05, 4.69) is 5.32 Å². The fourth-order valence-corrected chi connectivity index (χ4v) is 5.18. The van der Waals surface area contributed by atoms with Crippen LogP contribution in [0.2, 0.25) is 0 Å². The smallest absolute Gasteiger partial charge is 0.289 e. The minimum atomic E-state index is -0.225. The Balaban J connectivity index is 1.05. The van der Waals surface area contributed by atoms with Crippen LogP contribution in [0, 0.1) is 0 Å². The Morgan fingerprint density at radius 3 is 2.23 bits per heavy atom. The van der Waals surface area contributed by atoms with Crippen LogP contribution in [0.15, 0.2) is 108 Å². The molecule has 222 valence electrons. The molecule has 0 fully saturated rings. The lowest BCUT2D eigenvalue weighted by molar-refractivity contribution is 0.0703. The van der Waals surface area contributed by atoms with Gasteiger partial charge in [0.1, 0.15) is 18.1 Å². The largest absolute Gasteiger partial charge is 0.493 e. The monoisotopic (exact) mass is 588 g/mol. The molecule has 44 heavy (non-hydrogen) atoms. The summed E-state index contributed by atoms with van der Waals surface area (Å²) in [5.74, 6) is 2.47. The van der Waals surface area contributed by atoms with Crippen LogP contribution in [0.1, 0.15) is 37.6 Å². The number of amides is 2. The molecule has 0 saturated carbocycles. The zero-order chi connectivity index (χ0) is 30.5. The van der Waals surface area contributed by atoms with Gasteiger partial charge >= 0.3 is 0 Å². The van der Waals surface area contributed by atoms with Gasteiger partial charge < -0.3 is 28.8 Å². The topological polar surface area (TPSA) is 90.2 Å². The summed E-state index contributed by atoms with van der Waals surface area (Å²) in [5.41, 5.74) is 5.20. The second-order valence-corrected chi connectivity index (χ2v) is 10.4. The molecule has 2 heterocycles. The summed E-state index contributed by atoms with van der Waals surface area (Å²) in [6.45, 7) is 1.50. The first-order valence-corrected chi connectivity index (χ1v) is 14.3. The molecule has 0 unspecified atom stereocenters. The summed E-state index contributed by atoms with van der Waals surface area (Å²) in [4.78, 5) is 27.9. The van der Waals surface area contributed by atoms with Crippen molar-refractivity contribution in [2.24, 2.45) is 0 Å². The first-order chi connectivity index (χ1) is 21.5. The van der Waals surface area contributed by atoms with Crippen LogP contribution in [-0.2, 0) is 19.6 Å². The maximum Gasteiger partial charge on any atom is 0.289 e. The van der Waals surface area contributed by atoms with Gasteiger partial charge in [0.25, 0.3) is 11.8 Å². The van der Waals surface area contributed by atoms with Gasteiger partial charge in [-0.2, -0.15) is 0 Å². The highest BCUT2D eigenvalue weighted by molar-refractivity contribution is 6.04. The minimum absolute atomic E-state index is 0.169. The number of rotatable bonds is 9. The number of hydrogen-bond donors (Lipinski definition) is 1. The van der Waals surface area contributed by atoms with Crippen molar-refractivity contribution in [3.8, 4) is 28.6 Å². The number of anilines is 1. The highest BCUT2D eigenvalue weighted by Gasteiger charge is 2.26. The van der Waals surface area contributed by atoms with Gasteiger partial charge in [0, 0.05) is 29.9 Å². The summed E-state index contributed by atoms with van der Waals surface area (Å²) in [5, 5.41) is 2.92. The molecule has 8 heteroatoms. The van der Waals surface area contributed by atoms with Gasteiger partial charge in [0.05, 0.1) is 14.2 Å². The van der Waals surface area contributed by atoms with Crippen molar-refractivity contribution in [2.75, 3.05) is 26.1 Å². The Morgan fingerprint density at radius 2 is 1.52 bits per heavy atom. The quantitative estimate of drug-likeness (QED) is 0.200. The maximum absolute atomic E-state index is 13.3. The van der Waals surface area contributed by atoms with Gasteiger partial charge in [0.2, 0.25) is 0 Å². The number of fused-ring (bicyclic) bond motifs is 1. The Hall–Kier alpha value is -5.50. The SMILES string of the molecule is COc1cc2c(cc1OC)CN(C(=O)c1ccc(-c3ccc(NC(=O)c4ccc(OCc5ccccc5)cc4)cc3)o1)CC2. The molecule has 1 aliphatic rings. The van der Waals surface area contributed by atoms with E-state index >= 15 is 0 Å². The van der Waals surface area contributed by atoms with Gasteiger partial charge in [-0.3, -0.25) is 9.59 Å². The Bertz CT molecular complexity index is 1760. The van der Waals surface area contributed by atoms with Crippen molar-refractivity contribution < 1.29 is 28.2 Å². The van der Waals surface area contributed by atoms with E-state index in [1.807, 2.05) is 54.6 Å². The fraction of sp³-hybridized carbons (Fsp3) is 0.167. The third-order valence-electron chi connectivity index (χ3n) is 7.61. The Labute approximate surface area is 255 Å². The van der Waals surface area contributed by atoms with Crippen LogP contribution < -0.4 is 19.5 Å². The molecule has 0 spiro atoms. The van der Waals surface area contributed by atoms with Gasteiger partial charge in [-0.15, -0.1) is 0 Å². The number of carbonyl (C=O) groups excluding carboxylic acids is 2. The molecule has 0 radical (unpaired) electrons. The van der Waals surface area contributed by atoms with E-state index < -0.39 is 0 Å². The second kappa shape index (κ2) is 12.8. The predicted octanol–water partition coefficient (Wildman–Crippen LogP) is 6.99. The van der Waals surface area contributed by atoms with E-state index in [-0.39, 0.29) is 17.6 Å². The van der Waals surface area contributed by atoms with Crippen LogP contribution in [0.3, 0.4) is 0 Å². The number of ether oxygens (including phenoxy) is 3. The number of hydrogen-bond acceptors (Lipinski definition) is 6.